The monoisotopic (exact) mass is 505 g/mol. The zero-order valence-corrected chi connectivity index (χ0v) is 18.0. The molecule has 2 aromatic rings. The Labute approximate surface area is 172 Å². The van der Waals surface area contributed by atoms with E-state index in [0.29, 0.717) is 0 Å². The number of nitrogens with two attached hydrogens (primary N) is 1. The van der Waals surface area contributed by atoms with Gasteiger partial charge in [-0.2, -0.15) is 4.98 Å². The first-order valence-corrected chi connectivity index (χ1v) is 13.3. The molecule has 3 heterocycles. The number of fused-ring (bicyclic) bond motifs is 1. The number of nitrogens with one attached hydrogen (secondary N) is 1. The molecular formula is C11H18N5O12P3. The van der Waals surface area contributed by atoms with Crippen LogP contribution < -0.4 is 11.3 Å². The zero-order chi connectivity index (χ0) is 23.2. The number of nitrogens with zero attached hydrogens (tertiary/aromatic N) is 3. The molecule has 1 saturated heterocycles. The van der Waals surface area contributed by atoms with Gasteiger partial charge in [0, 0.05) is 6.42 Å². The molecule has 8 N–H and O–H groups in total. The summed E-state index contributed by atoms with van der Waals surface area (Å²) in [6.45, 7) is -0.788. The summed E-state index contributed by atoms with van der Waals surface area (Å²) in [6.07, 6.45) is -2.22. The van der Waals surface area contributed by atoms with Gasteiger partial charge in [0.25, 0.3) is 5.56 Å². The van der Waals surface area contributed by atoms with Gasteiger partial charge in [-0.05, 0) is 0 Å². The number of phosphoric acid groups is 1. The van der Waals surface area contributed by atoms with Gasteiger partial charge < -0.3 is 35.2 Å². The number of H-pyrrole nitrogens is 1. The van der Waals surface area contributed by atoms with Crippen molar-refractivity contribution in [2.75, 3.05) is 18.2 Å². The molecule has 1 fully saturated rings. The first-order chi connectivity index (χ1) is 14.2. The standard InChI is InChI=1S/C11H18N5O12P3/c12-11-14-9-8(10(18)15-11)13-3-16(9)7-1-5(17)6(27-7)2-26-31(24,25)28-30(22,23)4-29(19,20)21/h3,5-7,17H,1-2,4H2,(H,22,23)(H,24,25)(H2,19,20,21)(H3,12,14,15,18)/t5-,6+,7+/m0/s1. The minimum Gasteiger partial charge on any atom is -0.390 e. The Bertz CT molecular complexity index is 1170. The quantitative estimate of drug-likeness (QED) is 0.208. The summed E-state index contributed by atoms with van der Waals surface area (Å²) in [6, 6.07) is 0. The summed E-state index contributed by atoms with van der Waals surface area (Å²) in [5.74, 6) is -1.87. The van der Waals surface area contributed by atoms with Crippen molar-refractivity contribution in [2.24, 2.45) is 0 Å². The van der Waals surface area contributed by atoms with Crippen LogP contribution in [0.4, 0.5) is 5.95 Å². The third kappa shape index (κ3) is 6.06. The molecule has 0 bridgehead atoms. The number of nitrogen functional groups attached to an aromatic ring is 1. The van der Waals surface area contributed by atoms with Crippen molar-refractivity contribution in [3.05, 3.63) is 16.7 Å². The maximum absolute atomic E-state index is 11.9. The second-order valence-electron chi connectivity index (χ2n) is 6.50. The van der Waals surface area contributed by atoms with Gasteiger partial charge in [0.1, 0.15) is 12.3 Å². The number of hydrogen-bond donors (Lipinski definition) is 7. The summed E-state index contributed by atoms with van der Waals surface area (Å²) in [7, 11) is -15.4. The fourth-order valence-electron chi connectivity index (χ4n) is 2.80. The van der Waals surface area contributed by atoms with Crippen LogP contribution in [-0.4, -0.2) is 68.9 Å². The lowest BCUT2D eigenvalue weighted by Gasteiger charge is -2.19. The number of aliphatic hydroxyl groups excluding tert-OH is 1. The van der Waals surface area contributed by atoms with Crippen LogP contribution in [0.5, 0.6) is 0 Å². The van der Waals surface area contributed by atoms with Gasteiger partial charge in [-0.15, -0.1) is 0 Å². The Hall–Kier alpha value is -1.48. The Morgan fingerprint density at radius 2 is 1.97 bits per heavy atom. The summed E-state index contributed by atoms with van der Waals surface area (Å²) in [4.78, 5) is 58.3. The zero-order valence-electron chi connectivity index (χ0n) is 15.3. The van der Waals surface area contributed by atoms with Crippen LogP contribution in [0.25, 0.3) is 11.2 Å². The van der Waals surface area contributed by atoms with Crippen molar-refractivity contribution in [3.63, 3.8) is 0 Å². The van der Waals surface area contributed by atoms with E-state index in [4.69, 9.17) is 20.3 Å². The Kier molecular flexibility index (Phi) is 6.60. The van der Waals surface area contributed by atoms with Gasteiger partial charge in [0.15, 0.2) is 17.1 Å². The molecule has 0 amide bonds. The first kappa shape index (κ1) is 24.2. The molecule has 31 heavy (non-hydrogen) atoms. The number of aromatic amines is 1. The average molecular weight is 505 g/mol. The molecule has 1 aliphatic heterocycles. The molecule has 0 spiro atoms. The normalized spacial score (nSPS) is 26.0. The second-order valence-corrected chi connectivity index (χ2v) is 12.1. The third-order valence-electron chi connectivity index (χ3n) is 3.96. The molecular weight excluding hydrogens is 487 g/mol. The molecule has 0 radical (unpaired) electrons. The van der Waals surface area contributed by atoms with E-state index in [0.717, 1.165) is 0 Å². The highest BCUT2D eigenvalue weighted by atomic mass is 31.3. The van der Waals surface area contributed by atoms with Crippen molar-refractivity contribution in [2.45, 2.75) is 24.9 Å². The van der Waals surface area contributed by atoms with E-state index < -0.39 is 59.5 Å². The largest absolute Gasteiger partial charge is 0.479 e. The maximum Gasteiger partial charge on any atom is 0.479 e. The van der Waals surface area contributed by atoms with Crippen LogP contribution in [0.15, 0.2) is 11.1 Å². The van der Waals surface area contributed by atoms with Crippen molar-refractivity contribution in [1.82, 2.24) is 19.5 Å². The fourth-order valence-corrected chi connectivity index (χ4v) is 7.15. The smallest absolute Gasteiger partial charge is 0.390 e. The summed E-state index contributed by atoms with van der Waals surface area (Å²) >= 11 is 0. The number of hydrogen-bond acceptors (Lipinski definition) is 11. The van der Waals surface area contributed by atoms with Crippen molar-refractivity contribution in [1.29, 1.82) is 0 Å². The predicted octanol–water partition coefficient (Wildman–Crippen LogP) is -1.20. The van der Waals surface area contributed by atoms with Crippen LogP contribution in [0.1, 0.15) is 12.6 Å². The average Bonchev–Trinajstić information content (AvgIpc) is 3.13. The number of imidazole rings is 1. The van der Waals surface area contributed by atoms with Crippen molar-refractivity contribution in [3.8, 4) is 0 Å². The van der Waals surface area contributed by atoms with E-state index >= 15 is 0 Å². The molecule has 2 aromatic heterocycles. The van der Waals surface area contributed by atoms with E-state index in [-0.39, 0.29) is 23.5 Å². The molecule has 1 aliphatic rings. The van der Waals surface area contributed by atoms with Gasteiger partial charge >= 0.3 is 23.0 Å². The van der Waals surface area contributed by atoms with E-state index in [1.165, 1.54) is 10.9 Å². The minimum absolute atomic E-state index is 0.0380. The number of rotatable bonds is 8. The van der Waals surface area contributed by atoms with Gasteiger partial charge in [-0.25, -0.2) is 13.9 Å². The fraction of sp³-hybridized carbons (Fsp3) is 0.545. The van der Waals surface area contributed by atoms with E-state index in [1.54, 1.807) is 0 Å². The van der Waals surface area contributed by atoms with Crippen LogP contribution in [0, 0.1) is 0 Å². The van der Waals surface area contributed by atoms with Crippen molar-refractivity contribution < 1.29 is 51.9 Å². The first-order valence-electron chi connectivity index (χ1n) is 8.27. The SMILES string of the molecule is Nc1nc2c(ncn2[C@H]2C[C@H](O)[C@@H](COP(=O)(O)OP(=O)(O)CP(=O)(O)O)O2)c(=O)[nH]1. The Morgan fingerprint density at radius 1 is 1.29 bits per heavy atom. The third-order valence-corrected chi connectivity index (χ3v) is 9.19. The molecule has 0 aromatic carbocycles. The molecule has 20 heteroatoms. The molecule has 3 rings (SSSR count). The molecule has 174 valence electrons. The topological polar surface area (TPSA) is 270 Å². The molecule has 0 aliphatic carbocycles. The van der Waals surface area contributed by atoms with Crippen LogP contribution in [0.2, 0.25) is 0 Å². The molecule has 2 unspecified atom stereocenters. The van der Waals surface area contributed by atoms with E-state index in [2.05, 4.69) is 23.8 Å². The molecule has 17 nitrogen and oxygen atoms in total. The highest BCUT2D eigenvalue weighted by Gasteiger charge is 2.42. The molecule has 0 saturated carbocycles. The Balaban J connectivity index is 1.67. The second kappa shape index (κ2) is 8.46. The predicted molar refractivity (Wildman–Crippen MR) is 101 cm³/mol. The van der Waals surface area contributed by atoms with Gasteiger partial charge in [-0.1, -0.05) is 0 Å². The summed E-state index contributed by atoms with van der Waals surface area (Å²) in [5.41, 5.74) is 4.94. The van der Waals surface area contributed by atoms with Gasteiger partial charge in [0.05, 0.1) is 19.0 Å². The number of anilines is 1. The van der Waals surface area contributed by atoms with E-state index in [9.17, 15) is 33.4 Å². The number of aromatic nitrogens is 4. The Morgan fingerprint density at radius 3 is 2.61 bits per heavy atom. The highest BCUT2D eigenvalue weighted by Crippen LogP contribution is 2.65. The lowest BCUT2D eigenvalue weighted by atomic mass is 10.2. The summed E-state index contributed by atoms with van der Waals surface area (Å²) in [5, 5.41) is 10.2. The number of phosphoric ester groups is 1. The highest BCUT2D eigenvalue weighted by molar-refractivity contribution is 7.73. The molecule has 5 atom stereocenters. The lowest BCUT2D eigenvalue weighted by molar-refractivity contribution is -0.0421. The van der Waals surface area contributed by atoms with Crippen LogP contribution >= 0.6 is 23.0 Å². The van der Waals surface area contributed by atoms with Gasteiger partial charge in [-0.3, -0.25) is 28.0 Å². The number of aliphatic hydroxyl groups is 1. The van der Waals surface area contributed by atoms with Crippen molar-refractivity contribution >= 4 is 40.1 Å². The number of ether oxygens (including phenoxy) is 1. The van der Waals surface area contributed by atoms with Crippen LogP contribution in [0.3, 0.4) is 0 Å². The van der Waals surface area contributed by atoms with E-state index in [1.807, 2.05) is 0 Å². The maximum atomic E-state index is 11.9. The lowest BCUT2D eigenvalue weighted by Crippen LogP contribution is -2.26. The summed E-state index contributed by atoms with van der Waals surface area (Å²) < 4.78 is 49.6. The van der Waals surface area contributed by atoms with Gasteiger partial charge in [0.2, 0.25) is 5.95 Å². The minimum atomic E-state index is -5.25. The van der Waals surface area contributed by atoms with Crippen LogP contribution in [-0.2, 0) is 27.3 Å².